The molecule has 0 fully saturated rings. The summed E-state index contributed by atoms with van der Waals surface area (Å²) in [6.07, 6.45) is 1.59. The number of ether oxygens (including phenoxy) is 1. The van der Waals surface area contributed by atoms with Gasteiger partial charge in [0.1, 0.15) is 5.69 Å². The third-order valence-corrected chi connectivity index (χ3v) is 2.57. The van der Waals surface area contributed by atoms with Gasteiger partial charge >= 0.3 is 0 Å². The summed E-state index contributed by atoms with van der Waals surface area (Å²) >= 11 is 0. The van der Waals surface area contributed by atoms with E-state index in [4.69, 9.17) is 10.5 Å². The van der Waals surface area contributed by atoms with Gasteiger partial charge in [-0.3, -0.25) is 4.79 Å². The molecule has 1 heterocycles. The summed E-state index contributed by atoms with van der Waals surface area (Å²) in [5.74, 6) is 0.107. The Kier molecular flexibility index (Phi) is 4.20. The lowest BCUT2D eigenvalue weighted by Gasteiger charge is -2.13. The molecule has 1 aromatic carbocycles. The molecule has 0 unspecified atom stereocenters. The lowest BCUT2D eigenvalue weighted by Crippen LogP contribution is -2.16. The van der Waals surface area contributed by atoms with Crippen LogP contribution in [0.1, 0.15) is 24.2 Å². The fourth-order valence-corrected chi connectivity index (χ4v) is 1.70. The molecule has 0 bridgehead atoms. The second-order valence-corrected chi connectivity index (χ2v) is 4.56. The van der Waals surface area contributed by atoms with Crippen LogP contribution in [0.3, 0.4) is 0 Å². The van der Waals surface area contributed by atoms with Crippen molar-refractivity contribution in [1.82, 2.24) is 4.98 Å². The van der Waals surface area contributed by atoms with Gasteiger partial charge < -0.3 is 15.8 Å². The SMILES string of the molecule is CC(C)Oc1ncccc1NC(=O)c1ccccc1N. The number of amides is 1. The highest BCUT2D eigenvalue weighted by molar-refractivity contribution is 6.08. The summed E-state index contributed by atoms with van der Waals surface area (Å²) in [4.78, 5) is 16.3. The van der Waals surface area contributed by atoms with E-state index >= 15 is 0 Å². The highest BCUT2D eigenvalue weighted by atomic mass is 16.5. The number of rotatable bonds is 4. The van der Waals surface area contributed by atoms with E-state index in [1.807, 2.05) is 13.8 Å². The van der Waals surface area contributed by atoms with Crippen LogP contribution in [0.4, 0.5) is 11.4 Å². The fourth-order valence-electron chi connectivity index (χ4n) is 1.70. The fraction of sp³-hybridized carbons (Fsp3) is 0.200. The third-order valence-electron chi connectivity index (χ3n) is 2.57. The summed E-state index contributed by atoms with van der Waals surface area (Å²) in [5.41, 5.74) is 7.16. The molecule has 0 spiro atoms. The molecule has 2 rings (SSSR count). The Morgan fingerprint density at radius 1 is 1.25 bits per heavy atom. The van der Waals surface area contributed by atoms with Crippen molar-refractivity contribution >= 4 is 17.3 Å². The van der Waals surface area contributed by atoms with Crippen molar-refractivity contribution in [2.45, 2.75) is 20.0 Å². The van der Waals surface area contributed by atoms with Crippen LogP contribution in [0.15, 0.2) is 42.6 Å². The lowest BCUT2D eigenvalue weighted by molar-refractivity contribution is 0.102. The first-order chi connectivity index (χ1) is 9.58. The van der Waals surface area contributed by atoms with Gasteiger partial charge in [0.15, 0.2) is 0 Å². The topological polar surface area (TPSA) is 77.2 Å². The minimum absolute atomic E-state index is 0.0256. The zero-order valence-corrected chi connectivity index (χ0v) is 11.5. The second-order valence-electron chi connectivity index (χ2n) is 4.56. The van der Waals surface area contributed by atoms with Crippen molar-refractivity contribution in [2.75, 3.05) is 11.1 Å². The molecule has 0 aliphatic heterocycles. The standard InChI is InChI=1S/C15H17N3O2/c1-10(2)20-15-13(8-5-9-17-15)18-14(19)11-6-3-4-7-12(11)16/h3-10H,16H2,1-2H3,(H,18,19). The first-order valence-electron chi connectivity index (χ1n) is 6.35. The van der Waals surface area contributed by atoms with Crippen LogP contribution >= 0.6 is 0 Å². The lowest BCUT2D eigenvalue weighted by atomic mass is 10.1. The summed E-state index contributed by atoms with van der Waals surface area (Å²) in [7, 11) is 0. The summed E-state index contributed by atoms with van der Waals surface area (Å²) in [5, 5.41) is 2.77. The Bertz CT molecular complexity index is 612. The average Bonchev–Trinajstić information content (AvgIpc) is 2.41. The number of nitrogens with zero attached hydrogens (tertiary/aromatic N) is 1. The van der Waals surface area contributed by atoms with Crippen LogP contribution in [0.5, 0.6) is 5.88 Å². The number of nitrogens with one attached hydrogen (secondary N) is 1. The molecule has 0 radical (unpaired) electrons. The normalized spacial score (nSPS) is 10.3. The van der Waals surface area contributed by atoms with E-state index in [2.05, 4.69) is 10.3 Å². The third kappa shape index (κ3) is 3.26. The minimum Gasteiger partial charge on any atom is -0.473 e. The van der Waals surface area contributed by atoms with Gasteiger partial charge in [0, 0.05) is 11.9 Å². The first kappa shape index (κ1) is 13.9. The van der Waals surface area contributed by atoms with E-state index in [1.165, 1.54) is 0 Å². The number of carbonyl (C=O) groups is 1. The molecule has 104 valence electrons. The number of nitrogens with two attached hydrogens (primary N) is 1. The average molecular weight is 271 g/mol. The number of hydrogen-bond donors (Lipinski definition) is 2. The summed E-state index contributed by atoms with van der Waals surface area (Å²) in [6, 6.07) is 10.4. The molecule has 20 heavy (non-hydrogen) atoms. The van der Waals surface area contributed by atoms with Crippen molar-refractivity contribution in [3.05, 3.63) is 48.2 Å². The molecule has 0 saturated carbocycles. The maximum Gasteiger partial charge on any atom is 0.257 e. The number of anilines is 2. The maximum absolute atomic E-state index is 12.2. The van der Waals surface area contributed by atoms with Crippen LogP contribution in [0.25, 0.3) is 0 Å². The molecular formula is C15H17N3O2. The van der Waals surface area contributed by atoms with Gasteiger partial charge in [-0.1, -0.05) is 12.1 Å². The number of pyridine rings is 1. The first-order valence-corrected chi connectivity index (χ1v) is 6.35. The van der Waals surface area contributed by atoms with E-state index in [-0.39, 0.29) is 12.0 Å². The smallest absolute Gasteiger partial charge is 0.257 e. The van der Waals surface area contributed by atoms with Crippen molar-refractivity contribution < 1.29 is 9.53 Å². The Hall–Kier alpha value is -2.56. The zero-order chi connectivity index (χ0) is 14.5. The van der Waals surface area contributed by atoms with Crippen molar-refractivity contribution in [2.24, 2.45) is 0 Å². The van der Waals surface area contributed by atoms with Crippen LogP contribution in [-0.4, -0.2) is 17.0 Å². The van der Waals surface area contributed by atoms with Crippen LogP contribution in [-0.2, 0) is 0 Å². The Labute approximate surface area is 117 Å². The molecule has 0 saturated heterocycles. The molecule has 1 aromatic heterocycles. The number of benzene rings is 1. The largest absolute Gasteiger partial charge is 0.473 e. The molecule has 2 aromatic rings. The molecule has 3 N–H and O–H groups in total. The molecular weight excluding hydrogens is 254 g/mol. The van der Waals surface area contributed by atoms with Gasteiger partial charge in [-0.2, -0.15) is 0 Å². The molecule has 0 atom stereocenters. The molecule has 0 aliphatic carbocycles. The zero-order valence-electron chi connectivity index (χ0n) is 11.5. The Morgan fingerprint density at radius 3 is 2.70 bits per heavy atom. The van der Waals surface area contributed by atoms with Gasteiger partial charge in [-0.05, 0) is 38.1 Å². The van der Waals surface area contributed by atoms with Gasteiger partial charge in [-0.25, -0.2) is 4.98 Å². The monoisotopic (exact) mass is 271 g/mol. The maximum atomic E-state index is 12.2. The number of hydrogen-bond acceptors (Lipinski definition) is 4. The van der Waals surface area contributed by atoms with Gasteiger partial charge in [0.25, 0.3) is 5.91 Å². The van der Waals surface area contributed by atoms with E-state index in [0.717, 1.165) is 0 Å². The van der Waals surface area contributed by atoms with E-state index < -0.39 is 0 Å². The van der Waals surface area contributed by atoms with Gasteiger partial charge in [0.2, 0.25) is 5.88 Å². The number of aromatic nitrogens is 1. The highest BCUT2D eigenvalue weighted by Crippen LogP contribution is 2.23. The summed E-state index contributed by atoms with van der Waals surface area (Å²) in [6.45, 7) is 3.80. The molecule has 0 aliphatic rings. The van der Waals surface area contributed by atoms with E-state index in [0.29, 0.717) is 22.8 Å². The van der Waals surface area contributed by atoms with E-state index in [9.17, 15) is 4.79 Å². The predicted molar refractivity (Wildman–Crippen MR) is 78.8 cm³/mol. The van der Waals surface area contributed by atoms with Crippen LogP contribution in [0, 0.1) is 0 Å². The van der Waals surface area contributed by atoms with Crippen LogP contribution < -0.4 is 15.8 Å². The van der Waals surface area contributed by atoms with Crippen molar-refractivity contribution in [1.29, 1.82) is 0 Å². The quantitative estimate of drug-likeness (QED) is 0.838. The Balaban J connectivity index is 2.22. The minimum atomic E-state index is -0.287. The predicted octanol–water partition coefficient (Wildman–Crippen LogP) is 2.70. The number of carbonyl (C=O) groups excluding carboxylic acids is 1. The number of para-hydroxylation sites is 1. The number of nitrogen functional groups attached to an aromatic ring is 1. The van der Waals surface area contributed by atoms with Crippen LogP contribution in [0.2, 0.25) is 0 Å². The molecule has 1 amide bonds. The highest BCUT2D eigenvalue weighted by Gasteiger charge is 2.13. The second kappa shape index (κ2) is 6.06. The van der Waals surface area contributed by atoms with Gasteiger partial charge in [0.05, 0.1) is 11.7 Å². The Morgan fingerprint density at radius 2 is 2.00 bits per heavy atom. The van der Waals surface area contributed by atoms with E-state index in [1.54, 1.807) is 42.6 Å². The molecule has 5 nitrogen and oxygen atoms in total. The molecule has 5 heteroatoms. The summed E-state index contributed by atoms with van der Waals surface area (Å²) < 4.78 is 5.56. The van der Waals surface area contributed by atoms with Crippen molar-refractivity contribution in [3.63, 3.8) is 0 Å². The van der Waals surface area contributed by atoms with Crippen molar-refractivity contribution in [3.8, 4) is 5.88 Å². The van der Waals surface area contributed by atoms with Gasteiger partial charge in [-0.15, -0.1) is 0 Å².